The van der Waals surface area contributed by atoms with Crippen LogP contribution in [0.3, 0.4) is 0 Å². The molecule has 7 nitrogen and oxygen atoms in total. The molecular formula is C19H20N4O3. The summed E-state index contributed by atoms with van der Waals surface area (Å²) in [7, 11) is 0. The normalized spacial score (nSPS) is 11.3. The van der Waals surface area contributed by atoms with Crippen molar-refractivity contribution in [3.8, 4) is 0 Å². The number of hydrogen-bond donors (Lipinski definition) is 1. The van der Waals surface area contributed by atoms with Gasteiger partial charge < -0.3 is 4.42 Å². The lowest BCUT2D eigenvalue weighted by atomic mass is 10.1. The molecule has 3 rings (SSSR count). The predicted octanol–water partition coefficient (Wildman–Crippen LogP) is 2.94. The summed E-state index contributed by atoms with van der Waals surface area (Å²) in [4.78, 5) is 25.1. The molecule has 1 N–H and O–H groups in total. The Morgan fingerprint density at radius 1 is 1.23 bits per heavy atom. The first-order valence-electron chi connectivity index (χ1n) is 8.57. The highest BCUT2D eigenvalue weighted by molar-refractivity contribution is 6.04. The molecule has 1 amide bonds. The maximum absolute atomic E-state index is 12.6. The van der Waals surface area contributed by atoms with E-state index in [1.165, 1.54) is 17.2 Å². The van der Waals surface area contributed by atoms with Crippen molar-refractivity contribution in [2.24, 2.45) is 5.10 Å². The van der Waals surface area contributed by atoms with Crippen LogP contribution in [0.5, 0.6) is 0 Å². The number of fused-ring (bicyclic) bond motifs is 1. The first kappa shape index (κ1) is 17.6. The van der Waals surface area contributed by atoms with Gasteiger partial charge in [0, 0.05) is 11.9 Å². The van der Waals surface area contributed by atoms with Gasteiger partial charge in [0.25, 0.3) is 11.5 Å². The maximum Gasteiger partial charge on any atom is 0.292 e. The van der Waals surface area contributed by atoms with Gasteiger partial charge in [-0.1, -0.05) is 38.0 Å². The van der Waals surface area contributed by atoms with Crippen LogP contribution in [-0.2, 0) is 6.54 Å². The van der Waals surface area contributed by atoms with E-state index in [4.69, 9.17) is 4.42 Å². The lowest BCUT2D eigenvalue weighted by Gasteiger charge is -2.09. The van der Waals surface area contributed by atoms with E-state index in [0.717, 1.165) is 19.3 Å². The van der Waals surface area contributed by atoms with Crippen LogP contribution in [0.1, 0.15) is 42.4 Å². The topological polar surface area (TPSA) is 89.5 Å². The van der Waals surface area contributed by atoms with Gasteiger partial charge in [-0.3, -0.25) is 9.59 Å². The van der Waals surface area contributed by atoms with Crippen molar-refractivity contribution < 1.29 is 9.21 Å². The van der Waals surface area contributed by atoms with Crippen LogP contribution in [0.15, 0.2) is 57.0 Å². The molecule has 1 aromatic carbocycles. The molecule has 0 unspecified atom stereocenters. The number of amides is 1. The fraction of sp³-hybridized carbons (Fsp3) is 0.263. The molecule has 0 saturated carbocycles. The van der Waals surface area contributed by atoms with Crippen molar-refractivity contribution in [3.63, 3.8) is 0 Å². The minimum Gasteiger partial charge on any atom is -0.463 e. The number of aromatic nitrogens is 2. The summed E-state index contributed by atoms with van der Waals surface area (Å²) in [6.45, 7) is 2.57. The van der Waals surface area contributed by atoms with Crippen molar-refractivity contribution >= 4 is 22.9 Å². The minimum atomic E-state index is -0.478. The summed E-state index contributed by atoms with van der Waals surface area (Å²) in [6.07, 6.45) is 5.79. The fourth-order valence-corrected chi connectivity index (χ4v) is 2.64. The number of hydrazone groups is 1. The first-order valence-corrected chi connectivity index (χ1v) is 8.57. The van der Waals surface area contributed by atoms with Gasteiger partial charge in [-0.05, 0) is 24.6 Å². The predicted molar refractivity (Wildman–Crippen MR) is 99.3 cm³/mol. The Hall–Kier alpha value is -3.22. The smallest absolute Gasteiger partial charge is 0.292 e. The van der Waals surface area contributed by atoms with Crippen molar-refractivity contribution in [2.45, 2.75) is 32.7 Å². The Morgan fingerprint density at radius 3 is 2.77 bits per heavy atom. The van der Waals surface area contributed by atoms with E-state index in [0.29, 0.717) is 23.1 Å². The summed E-state index contributed by atoms with van der Waals surface area (Å²) in [5.74, 6) is 0.0425. The van der Waals surface area contributed by atoms with Gasteiger partial charge in [0.05, 0.1) is 17.9 Å². The van der Waals surface area contributed by atoms with Gasteiger partial charge in [0.2, 0.25) is 0 Å². The molecule has 2 heterocycles. The molecule has 0 spiro atoms. The third-order valence-corrected chi connectivity index (χ3v) is 3.96. The zero-order chi connectivity index (χ0) is 18.4. The molecule has 0 fully saturated rings. The number of hydrogen-bond acceptors (Lipinski definition) is 5. The van der Waals surface area contributed by atoms with Crippen LogP contribution in [0.2, 0.25) is 0 Å². The lowest BCUT2D eigenvalue weighted by molar-refractivity contribution is 0.0949. The SMILES string of the molecule is CCCCCn1nc(C(=O)N/N=C\c2ccco2)c2ccccc2c1=O. The Morgan fingerprint density at radius 2 is 2.04 bits per heavy atom. The number of unbranched alkanes of at least 4 members (excludes halogenated alkanes) is 2. The van der Waals surface area contributed by atoms with Crippen molar-refractivity contribution in [2.75, 3.05) is 0 Å². The zero-order valence-corrected chi connectivity index (χ0v) is 14.5. The average molecular weight is 352 g/mol. The van der Waals surface area contributed by atoms with E-state index in [9.17, 15) is 9.59 Å². The summed E-state index contributed by atoms with van der Waals surface area (Å²) < 4.78 is 6.48. The second kappa shape index (κ2) is 8.24. The van der Waals surface area contributed by atoms with E-state index >= 15 is 0 Å². The Bertz CT molecular complexity index is 974. The largest absolute Gasteiger partial charge is 0.463 e. The molecule has 0 aliphatic heterocycles. The van der Waals surface area contributed by atoms with E-state index in [2.05, 4.69) is 22.5 Å². The molecule has 7 heteroatoms. The van der Waals surface area contributed by atoms with Gasteiger partial charge in [-0.25, -0.2) is 10.1 Å². The highest BCUT2D eigenvalue weighted by Gasteiger charge is 2.16. The number of carbonyl (C=O) groups is 1. The number of furan rings is 1. The summed E-state index contributed by atoms with van der Waals surface area (Å²) in [5, 5.41) is 9.14. The summed E-state index contributed by atoms with van der Waals surface area (Å²) in [6, 6.07) is 10.4. The molecule has 26 heavy (non-hydrogen) atoms. The number of nitrogens with zero attached hydrogens (tertiary/aromatic N) is 3. The van der Waals surface area contributed by atoms with Gasteiger partial charge in [0.15, 0.2) is 5.69 Å². The second-order valence-corrected chi connectivity index (χ2v) is 5.84. The first-order chi connectivity index (χ1) is 12.7. The van der Waals surface area contributed by atoms with E-state index in [-0.39, 0.29) is 11.3 Å². The Labute approximate surface area is 150 Å². The average Bonchev–Trinajstić information content (AvgIpc) is 3.17. The van der Waals surface area contributed by atoms with Crippen LogP contribution in [0.4, 0.5) is 0 Å². The van der Waals surface area contributed by atoms with Crippen molar-refractivity contribution in [1.82, 2.24) is 15.2 Å². The van der Waals surface area contributed by atoms with Crippen molar-refractivity contribution in [1.29, 1.82) is 0 Å². The van der Waals surface area contributed by atoms with Crippen LogP contribution >= 0.6 is 0 Å². The van der Waals surface area contributed by atoms with E-state index in [1.807, 2.05) is 0 Å². The molecule has 0 aliphatic carbocycles. The van der Waals surface area contributed by atoms with Gasteiger partial charge in [-0.2, -0.15) is 10.2 Å². The summed E-state index contributed by atoms with van der Waals surface area (Å²) >= 11 is 0. The van der Waals surface area contributed by atoms with Gasteiger partial charge >= 0.3 is 0 Å². The zero-order valence-electron chi connectivity index (χ0n) is 14.5. The highest BCUT2D eigenvalue weighted by Crippen LogP contribution is 2.13. The monoisotopic (exact) mass is 352 g/mol. The molecule has 2 aromatic heterocycles. The minimum absolute atomic E-state index is 0.174. The van der Waals surface area contributed by atoms with Crippen LogP contribution < -0.4 is 11.0 Å². The molecular weight excluding hydrogens is 332 g/mol. The molecule has 0 saturated heterocycles. The third-order valence-electron chi connectivity index (χ3n) is 3.96. The standard InChI is InChI=1S/C19H20N4O3/c1-2-3-6-11-23-19(25)16-10-5-4-9-15(16)17(22-23)18(24)21-20-13-14-8-7-12-26-14/h4-5,7-10,12-13H,2-3,6,11H2,1H3,(H,21,24)/b20-13-. The molecule has 0 bridgehead atoms. The van der Waals surface area contributed by atoms with E-state index < -0.39 is 5.91 Å². The molecule has 0 atom stereocenters. The van der Waals surface area contributed by atoms with E-state index in [1.54, 1.807) is 36.4 Å². The maximum atomic E-state index is 12.6. The lowest BCUT2D eigenvalue weighted by Crippen LogP contribution is -2.29. The van der Waals surface area contributed by atoms with Crippen LogP contribution in [-0.4, -0.2) is 21.9 Å². The molecule has 134 valence electrons. The van der Waals surface area contributed by atoms with Crippen LogP contribution in [0, 0.1) is 0 Å². The Balaban J connectivity index is 1.91. The van der Waals surface area contributed by atoms with Gasteiger partial charge in [0.1, 0.15) is 5.76 Å². The number of nitrogens with one attached hydrogen (secondary N) is 1. The van der Waals surface area contributed by atoms with Gasteiger partial charge in [-0.15, -0.1) is 0 Å². The Kier molecular flexibility index (Phi) is 5.58. The third kappa shape index (κ3) is 3.88. The number of rotatable bonds is 7. The second-order valence-electron chi connectivity index (χ2n) is 5.84. The van der Waals surface area contributed by atoms with Crippen molar-refractivity contribution in [3.05, 3.63) is 64.5 Å². The quantitative estimate of drug-likeness (QED) is 0.402. The number of carbonyl (C=O) groups excluding carboxylic acids is 1. The molecule has 3 aromatic rings. The molecule has 0 radical (unpaired) electrons. The molecule has 0 aliphatic rings. The summed E-state index contributed by atoms with van der Waals surface area (Å²) in [5.41, 5.74) is 2.42. The van der Waals surface area contributed by atoms with Crippen LogP contribution in [0.25, 0.3) is 10.8 Å². The number of aryl methyl sites for hydroxylation is 1. The number of benzene rings is 1. The highest BCUT2D eigenvalue weighted by atomic mass is 16.3. The fourth-order valence-electron chi connectivity index (χ4n) is 2.64.